The van der Waals surface area contributed by atoms with Gasteiger partial charge < -0.3 is 10.6 Å². The predicted octanol–water partition coefficient (Wildman–Crippen LogP) is 2.35. The van der Waals surface area contributed by atoms with Crippen LogP contribution in [0.3, 0.4) is 0 Å². The zero-order chi connectivity index (χ0) is 14.0. The molecule has 0 aromatic carbocycles. The summed E-state index contributed by atoms with van der Waals surface area (Å²) in [6, 6.07) is 0. The monoisotopic (exact) mass is 384 g/mol. The Morgan fingerprint density at radius 1 is 0.889 bits per heavy atom. The molecular formula is C12H22Br2N2O2. The van der Waals surface area contributed by atoms with Crippen LogP contribution in [0.2, 0.25) is 0 Å². The number of amides is 2. The van der Waals surface area contributed by atoms with E-state index >= 15 is 0 Å². The van der Waals surface area contributed by atoms with Gasteiger partial charge in [-0.25, -0.2) is 0 Å². The topological polar surface area (TPSA) is 58.2 Å². The third-order valence-electron chi connectivity index (χ3n) is 2.38. The highest BCUT2D eigenvalue weighted by atomic mass is 79.9. The summed E-state index contributed by atoms with van der Waals surface area (Å²) in [5.41, 5.74) is 0. The van der Waals surface area contributed by atoms with Crippen molar-refractivity contribution in [3.8, 4) is 0 Å². The van der Waals surface area contributed by atoms with Gasteiger partial charge in [0.1, 0.15) is 0 Å². The highest BCUT2D eigenvalue weighted by Gasteiger charge is 2.14. The minimum Gasteiger partial charge on any atom is -0.353 e. The average Bonchev–Trinajstić information content (AvgIpc) is 2.34. The molecule has 0 saturated carbocycles. The smallest absolute Gasteiger partial charge is 0.233 e. The van der Waals surface area contributed by atoms with Crippen molar-refractivity contribution in [1.82, 2.24) is 10.6 Å². The number of carbonyl (C=O) groups is 2. The second-order valence-electron chi connectivity index (χ2n) is 4.09. The molecule has 0 heterocycles. The summed E-state index contributed by atoms with van der Waals surface area (Å²) in [5.74, 6) is -0.0369. The first-order valence-corrected chi connectivity index (χ1v) is 8.19. The summed E-state index contributed by atoms with van der Waals surface area (Å²) in [7, 11) is 0. The van der Waals surface area contributed by atoms with Gasteiger partial charge in [-0.3, -0.25) is 9.59 Å². The molecule has 0 aliphatic heterocycles. The molecule has 0 aliphatic carbocycles. The first kappa shape index (κ1) is 17.9. The van der Waals surface area contributed by atoms with Crippen molar-refractivity contribution >= 4 is 43.7 Å². The lowest BCUT2D eigenvalue weighted by Crippen LogP contribution is -2.39. The Balaban J connectivity index is 3.67. The number of alkyl halides is 2. The van der Waals surface area contributed by atoms with E-state index in [2.05, 4.69) is 42.5 Å². The summed E-state index contributed by atoms with van der Waals surface area (Å²) in [4.78, 5) is 22.8. The van der Waals surface area contributed by atoms with Gasteiger partial charge in [-0.15, -0.1) is 0 Å². The largest absolute Gasteiger partial charge is 0.353 e. The van der Waals surface area contributed by atoms with Crippen molar-refractivity contribution in [1.29, 1.82) is 0 Å². The van der Waals surface area contributed by atoms with E-state index in [1.165, 1.54) is 0 Å². The zero-order valence-corrected chi connectivity index (χ0v) is 14.1. The first-order chi connectivity index (χ1) is 8.52. The molecule has 0 radical (unpaired) electrons. The molecule has 106 valence electrons. The number of nitrogens with one attached hydrogen (secondary N) is 2. The maximum absolute atomic E-state index is 11.5. The number of carbonyl (C=O) groups excluding carboxylic acids is 2. The minimum atomic E-state index is -0.137. The molecule has 0 aliphatic rings. The molecule has 0 unspecified atom stereocenters. The number of hydrogen-bond acceptors (Lipinski definition) is 2. The van der Waals surface area contributed by atoms with Crippen LogP contribution in [0, 0.1) is 0 Å². The minimum absolute atomic E-state index is 0.0185. The zero-order valence-electron chi connectivity index (χ0n) is 11.0. The molecule has 0 rings (SSSR count). The summed E-state index contributed by atoms with van der Waals surface area (Å²) in [5, 5.41) is 5.56. The van der Waals surface area contributed by atoms with Crippen LogP contribution >= 0.6 is 31.9 Å². The van der Waals surface area contributed by atoms with Crippen molar-refractivity contribution in [2.24, 2.45) is 0 Å². The van der Waals surface area contributed by atoms with Crippen LogP contribution in [0.25, 0.3) is 0 Å². The predicted molar refractivity (Wildman–Crippen MR) is 81.3 cm³/mol. The normalized spacial score (nSPS) is 13.8. The van der Waals surface area contributed by atoms with Crippen LogP contribution in [0.15, 0.2) is 0 Å². The van der Waals surface area contributed by atoms with Crippen LogP contribution in [0.1, 0.15) is 39.5 Å². The van der Waals surface area contributed by atoms with Crippen molar-refractivity contribution < 1.29 is 9.59 Å². The van der Waals surface area contributed by atoms with Gasteiger partial charge in [0.05, 0.1) is 9.65 Å². The van der Waals surface area contributed by atoms with E-state index in [1.807, 2.05) is 13.8 Å². The third kappa shape index (κ3) is 8.08. The van der Waals surface area contributed by atoms with E-state index in [1.54, 1.807) is 0 Å². The van der Waals surface area contributed by atoms with E-state index in [4.69, 9.17) is 0 Å². The van der Waals surface area contributed by atoms with Crippen molar-refractivity contribution in [2.75, 3.05) is 13.1 Å². The summed E-state index contributed by atoms with van der Waals surface area (Å²) < 4.78 is 0. The Morgan fingerprint density at radius 2 is 1.22 bits per heavy atom. The lowest BCUT2D eigenvalue weighted by atomic mass is 10.2. The summed E-state index contributed by atoms with van der Waals surface area (Å²) in [6.07, 6.45) is 3.56. The maximum atomic E-state index is 11.5. The fraction of sp³-hybridized carbons (Fsp3) is 0.833. The molecule has 0 saturated heterocycles. The Morgan fingerprint density at radius 3 is 1.50 bits per heavy atom. The second kappa shape index (κ2) is 10.8. The summed E-state index contributed by atoms with van der Waals surface area (Å²) >= 11 is 6.64. The summed E-state index contributed by atoms with van der Waals surface area (Å²) in [6.45, 7) is 4.99. The molecule has 2 N–H and O–H groups in total. The molecule has 0 bridgehead atoms. The Kier molecular flexibility index (Phi) is 10.7. The van der Waals surface area contributed by atoms with Gasteiger partial charge >= 0.3 is 0 Å². The Labute approximate surface area is 126 Å². The van der Waals surface area contributed by atoms with Gasteiger partial charge in [-0.2, -0.15) is 0 Å². The van der Waals surface area contributed by atoms with E-state index in [0.717, 1.165) is 25.7 Å². The highest BCUT2D eigenvalue weighted by molar-refractivity contribution is 9.10. The molecule has 0 aromatic rings. The quantitative estimate of drug-likeness (QED) is 0.472. The molecule has 18 heavy (non-hydrogen) atoms. The van der Waals surface area contributed by atoms with Crippen LogP contribution in [0.5, 0.6) is 0 Å². The van der Waals surface area contributed by atoms with Crippen LogP contribution < -0.4 is 10.6 Å². The molecule has 4 nitrogen and oxygen atoms in total. The van der Waals surface area contributed by atoms with Crippen molar-refractivity contribution in [3.05, 3.63) is 0 Å². The molecule has 2 amide bonds. The Bertz CT molecular complexity index is 236. The third-order valence-corrected chi connectivity index (χ3v) is 4.12. The fourth-order valence-electron chi connectivity index (χ4n) is 1.36. The van der Waals surface area contributed by atoms with Crippen LogP contribution in [-0.2, 0) is 9.59 Å². The van der Waals surface area contributed by atoms with E-state index in [-0.39, 0.29) is 21.5 Å². The molecule has 0 fully saturated rings. The lowest BCUT2D eigenvalue weighted by molar-refractivity contribution is -0.122. The molecule has 2 atom stereocenters. The number of rotatable bonds is 9. The van der Waals surface area contributed by atoms with Crippen molar-refractivity contribution in [3.63, 3.8) is 0 Å². The van der Waals surface area contributed by atoms with Gasteiger partial charge in [-0.05, 0) is 12.8 Å². The van der Waals surface area contributed by atoms with Gasteiger partial charge in [0.15, 0.2) is 0 Å². The molecule has 6 heteroatoms. The maximum Gasteiger partial charge on any atom is 0.233 e. The molecular weight excluding hydrogens is 364 g/mol. The first-order valence-electron chi connectivity index (χ1n) is 6.36. The number of halogens is 2. The molecule has 0 spiro atoms. The standard InChI is InChI=1S/C12H22Br2N2O2/c1-3-5-9(13)11(17)15-7-8-16-12(18)10(14)6-4-2/h9-10H,3-8H2,1-2H3,(H,15,17)(H,16,18)/t9-,10+. The fourth-order valence-corrected chi connectivity index (χ4v) is 2.60. The number of hydrogen-bond donors (Lipinski definition) is 2. The lowest BCUT2D eigenvalue weighted by Gasteiger charge is -2.12. The van der Waals surface area contributed by atoms with E-state index < -0.39 is 0 Å². The Hall–Kier alpha value is -0.100. The van der Waals surface area contributed by atoms with Gasteiger partial charge in [0.25, 0.3) is 0 Å². The SMILES string of the molecule is CCC[C@@H](Br)C(=O)NCCNC(=O)[C@@H](Br)CCC. The van der Waals surface area contributed by atoms with Gasteiger partial charge in [0, 0.05) is 13.1 Å². The highest BCUT2D eigenvalue weighted by Crippen LogP contribution is 2.08. The molecule has 0 aromatic heterocycles. The average molecular weight is 386 g/mol. The van der Waals surface area contributed by atoms with Gasteiger partial charge in [-0.1, -0.05) is 58.5 Å². The van der Waals surface area contributed by atoms with Crippen LogP contribution in [-0.4, -0.2) is 34.6 Å². The second-order valence-corrected chi connectivity index (χ2v) is 6.31. The van der Waals surface area contributed by atoms with Crippen LogP contribution in [0.4, 0.5) is 0 Å². The van der Waals surface area contributed by atoms with Gasteiger partial charge in [0.2, 0.25) is 11.8 Å². The van der Waals surface area contributed by atoms with E-state index in [9.17, 15) is 9.59 Å². The van der Waals surface area contributed by atoms with E-state index in [0.29, 0.717) is 13.1 Å². The van der Waals surface area contributed by atoms with Crippen molar-refractivity contribution in [2.45, 2.75) is 49.2 Å².